The topological polar surface area (TPSA) is 38.3 Å². The highest BCUT2D eigenvalue weighted by molar-refractivity contribution is 5.82. The van der Waals surface area contributed by atoms with Gasteiger partial charge in [-0.05, 0) is 12.8 Å². The van der Waals surface area contributed by atoms with Crippen LogP contribution in [0.15, 0.2) is 0 Å². The van der Waals surface area contributed by atoms with Gasteiger partial charge < -0.3 is 10.1 Å². The van der Waals surface area contributed by atoms with Crippen molar-refractivity contribution in [3.63, 3.8) is 0 Å². The molecule has 0 aromatic carbocycles. The number of hydrogen-bond acceptors (Lipinski definition) is 2. The number of hydrogen-bond donors (Lipinski definition) is 1. The van der Waals surface area contributed by atoms with Crippen molar-refractivity contribution in [3.8, 4) is 0 Å². The van der Waals surface area contributed by atoms with E-state index in [9.17, 15) is 4.79 Å². The first-order valence-electron chi connectivity index (χ1n) is 4.46. The Morgan fingerprint density at radius 3 is 2.67 bits per heavy atom. The summed E-state index contributed by atoms with van der Waals surface area (Å²) in [5, 5.41) is 2.86. The predicted molar refractivity (Wildman–Crippen MR) is 46.8 cm³/mol. The second kappa shape index (κ2) is 3.90. The molecular weight excluding hydrogens is 154 g/mol. The molecule has 70 valence electrons. The standard InChI is InChI=1S/C9H17NO2/c1-9(4-3-5-9)8(11)10-6-7-12-2/h3-7H2,1-2H3,(H,10,11). The van der Waals surface area contributed by atoms with Crippen molar-refractivity contribution in [2.75, 3.05) is 20.3 Å². The van der Waals surface area contributed by atoms with Crippen LogP contribution in [0.1, 0.15) is 26.2 Å². The van der Waals surface area contributed by atoms with Crippen molar-refractivity contribution in [2.24, 2.45) is 5.41 Å². The summed E-state index contributed by atoms with van der Waals surface area (Å²) in [5.41, 5.74) is -0.0757. The summed E-state index contributed by atoms with van der Waals surface area (Å²) in [4.78, 5) is 11.5. The summed E-state index contributed by atoms with van der Waals surface area (Å²) in [6, 6.07) is 0. The van der Waals surface area contributed by atoms with Crippen molar-refractivity contribution < 1.29 is 9.53 Å². The monoisotopic (exact) mass is 171 g/mol. The van der Waals surface area contributed by atoms with Gasteiger partial charge in [-0.1, -0.05) is 13.3 Å². The summed E-state index contributed by atoms with van der Waals surface area (Å²) < 4.78 is 4.84. The molecule has 12 heavy (non-hydrogen) atoms. The van der Waals surface area contributed by atoms with E-state index in [0.717, 1.165) is 12.8 Å². The van der Waals surface area contributed by atoms with Gasteiger partial charge in [0.05, 0.1) is 6.61 Å². The van der Waals surface area contributed by atoms with Crippen LogP contribution in [0, 0.1) is 5.41 Å². The molecule has 0 saturated heterocycles. The SMILES string of the molecule is COCCNC(=O)C1(C)CCC1. The highest BCUT2D eigenvalue weighted by atomic mass is 16.5. The van der Waals surface area contributed by atoms with E-state index < -0.39 is 0 Å². The molecule has 0 bridgehead atoms. The van der Waals surface area contributed by atoms with Gasteiger partial charge in [0.25, 0.3) is 0 Å². The Balaban J connectivity index is 2.19. The second-order valence-electron chi connectivity index (χ2n) is 3.66. The maximum atomic E-state index is 11.5. The van der Waals surface area contributed by atoms with Crippen molar-refractivity contribution >= 4 is 5.91 Å². The Kier molecular flexibility index (Phi) is 3.09. The molecule has 1 N–H and O–H groups in total. The maximum Gasteiger partial charge on any atom is 0.226 e. The Morgan fingerprint density at radius 1 is 1.58 bits per heavy atom. The van der Waals surface area contributed by atoms with Gasteiger partial charge in [0.15, 0.2) is 0 Å². The number of ether oxygens (including phenoxy) is 1. The third-order valence-corrected chi connectivity index (χ3v) is 2.60. The number of carbonyl (C=O) groups is 1. The van der Waals surface area contributed by atoms with Crippen LogP contribution < -0.4 is 5.32 Å². The first-order valence-corrected chi connectivity index (χ1v) is 4.46. The number of carbonyl (C=O) groups excluding carboxylic acids is 1. The summed E-state index contributed by atoms with van der Waals surface area (Å²) in [7, 11) is 1.64. The third kappa shape index (κ3) is 1.97. The molecule has 1 saturated carbocycles. The molecule has 0 aromatic rings. The Hall–Kier alpha value is -0.570. The summed E-state index contributed by atoms with van der Waals surface area (Å²) >= 11 is 0. The van der Waals surface area contributed by atoms with Gasteiger partial charge in [0, 0.05) is 19.1 Å². The number of rotatable bonds is 4. The van der Waals surface area contributed by atoms with E-state index in [0.29, 0.717) is 13.2 Å². The van der Waals surface area contributed by atoms with Crippen LogP contribution in [0.5, 0.6) is 0 Å². The predicted octanol–water partition coefficient (Wildman–Crippen LogP) is 0.939. The van der Waals surface area contributed by atoms with E-state index in [1.54, 1.807) is 7.11 Å². The van der Waals surface area contributed by atoms with Crippen LogP contribution in [0.2, 0.25) is 0 Å². The molecule has 0 heterocycles. The first kappa shape index (κ1) is 9.52. The third-order valence-electron chi connectivity index (χ3n) is 2.60. The largest absolute Gasteiger partial charge is 0.383 e. The molecule has 0 spiro atoms. The van der Waals surface area contributed by atoms with E-state index in [1.165, 1.54) is 6.42 Å². The van der Waals surface area contributed by atoms with E-state index in [1.807, 2.05) is 6.92 Å². The van der Waals surface area contributed by atoms with Gasteiger partial charge in [0.2, 0.25) is 5.91 Å². The molecule has 0 radical (unpaired) electrons. The molecule has 1 aliphatic rings. The fourth-order valence-electron chi connectivity index (χ4n) is 1.41. The lowest BCUT2D eigenvalue weighted by Gasteiger charge is -2.36. The molecule has 0 aromatic heterocycles. The average molecular weight is 171 g/mol. The molecule has 0 aliphatic heterocycles. The van der Waals surface area contributed by atoms with Gasteiger partial charge in [-0.3, -0.25) is 4.79 Å². The minimum atomic E-state index is -0.0757. The fourth-order valence-corrected chi connectivity index (χ4v) is 1.41. The normalized spacial score (nSPS) is 19.8. The van der Waals surface area contributed by atoms with E-state index >= 15 is 0 Å². The Morgan fingerprint density at radius 2 is 2.25 bits per heavy atom. The highest BCUT2D eigenvalue weighted by Crippen LogP contribution is 2.40. The van der Waals surface area contributed by atoms with Crippen molar-refractivity contribution in [3.05, 3.63) is 0 Å². The molecule has 1 amide bonds. The zero-order valence-electron chi connectivity index (χ0n) is 7.85. The quantitative estimate of drug-likeness (QED) is 0.639. The smallest absolute Gasteiger partial charge is 0.226 e. The number of nitrogens with one attached hydrogen (secondary N) is 1. The molecule has 0 atom stereocenters. The lowest BCUT2D eigenvalue weighted by atomic mass is 9.70. The zero-order valence-corrected chi connectivity index (χ0v) is 7.85. The van der Waals surface area contributed by atoms with E-state index in [-0.39, 0.29) is 11.3 Å². The van der Waals surface area contributed by atoms with Crippen LogP contribution in [0.4, 0.5) is 0 Å². The molecule has 3 heteroatoms. The van der Waals surface area contributed by atoms with Gasteiger partial charge in [0.1, 0.15) is 0 Å². The molecule has 1 fully saturated rings. The minimum absolute atomic E-state index is 0.0757. The van der Waals surface area contributed by atoms with Crippen LogP contribution in [0.3, 0.4) is 0 Å². The highest BCUT2D eigenvalue weighted by Gasteiger charge is 2.38. The Labute approximate surface area is 73.5 Å². The summed E-state index contributed by atoms with van der Waals surface area (Å²) in [5.74, 6) is 0.186. The number of methoxy groups -OCH3 is 1. The molecule has 0 unspecified atom stereocenters. The average Bonchev–Trinajstić information content (AvgIpc) is 2.00. The van der Waals surface area contributed by atoms with Crippen molar-refractivity contribution in [2.45, 2.75) is 26.2 Å². The van der Waals surface area contributed by atoms with Crippen LogP contribution in [-0.2, 0) is 9.53 Å². The maximum absolute atomic E-state index is 11.5. The van der Waals surface area contributed by atoms with E-state index in [2.05, 4.69) is 5.32 Å². The lowest BCUT2D eigenvalue weighted by molar-refractivity contribution is -0.134. The summed E-state index contributed by atoms with van der Waals surface area (Å²) in [6.45, 7) is 3.26. The molecule has 1 aliphatic carbocycles. The zero-order chi connectivity index (χ0) is 9.03. The number of amides is 1. The van der Waals surface area contributed by atoms with Crippen LogP contribution in [0.25, 0.3) is 0 Å². The van der Waals surface area contributed by atoms with Gasteiger partial charge in [-0.2, -0.15) is 0 Å². The van der Waals surface area contributed by atoms with E-state index in [4.69, 9.17) is 4.74 Å². The summed E-state index contributed by atoms with van der Waals surface area (Å²) in [6.07, 6.45) is 3.26. The minimum Gasteiger partial charge on any atom is -0.383 e. The fraction of sp³-hybridized carbons (Fsp3) is 0.889. The van der Waals surface area contributed by atoms with Crippen LogP contribution in [-0.4, -0.2) is 26.2 Å². The van der Waals surface area contributed by atoms with Crippen molar-refractivity contribution in [1.82, 2.24) is 5.32 Å². The van der Waals surface area contributed by atoms with Gasteiger partial charge in [-0.15, -0.1) is 0 Å². The lowest BCUT2D eigenvalue weighted by Crippen LogP contribution is -2.44. The molecular formula is C9H17NO2. The van der Waals surface area contributed by atoms with Crippen molar-refractivity contribution in [1.29, 1.82) is 0 Å². The van der Waals surface area contributed by atoms with Gasteiger partial charge in [-0.25, -0.2) is 0 Å². The van der Waals surface area contributed by atoms with Crippen LogP contribution >= 0.6 is 0 Å². The first-order chi connectivity index (χ1) is 5.69. The Bertz CT molecular complexity index is 164. The molecule has 1 rings (SSSR count). The van der Waals surface area contributed by atoms with Gasteiger partial charge >= 0.3 is 0 Å². The molecule has 3 nitrogen and oxygen atoms in total. The second-order valence-corrected chi connectivity index (χ2v) is 3.66.